The molecule has 0 atom stereocenters. The second-order valence-electron chi connectivity index (χ2n) is 8.12. The molecule has 0 fully saturated rings. The smallest absolute Gasteiger partial charge is 0.375 e. The fraction of sp³-hybridized carbons (Fsp3) is 0.240. The Labute approximate surface area is 203 Å². The minimum absolute atomic E-state index is 0.107. The van der Waals surface area contributed by atoms with Crippen LogP contribution in [0.2, 0.25) is 0 Å². The average Bonchev–Trinajstić information content (AvgIpc) is 3.29. The van der Waals surface area contributed by atoms with Crippen LogP contribution in [0.3, 0.4) is 0 Å². The lowest BCUT2D eigenvalue weighted by atomic mass is 10.1. The third kappa shape index (κ3) is 7.03. The molecule has 2 amide bonds. The Bertz CT molecular complexity index is 1300. The number of carbonyl (C=O) groups is 3. The molecule has 0 bridgehead atoms. The van der Waals surface area contributed by atoms with E-state index in [9.17, 15) is 22.8 Å². The molecule has 3 aromatic rings. The molecule has 3 rings (SSSR count). The van der Waals surface area contributed by atoms with Crippen molar-refractivity contribution < 1.29 is 32.0 Å². The van der Waals surface area contributed by atoms with Crippen LogP contribution in [-0.2, 0) is 25.1 Å². The van der Waals surface area contributed by atoms with E-state index in [1.54, 1.807) is 42.5 Å². The van der Waals surface area contributed by atoms with Crippen molar-refractivity contribution in [2.75, 3.05) is 18.5 Å². The maximum absolute atomic E-state index is 12.6. The van der Waals surface area contributed by atoms with Gasteiger partial charge in [-0.15, -0.1) is 0 Å². The van der Waals surface area contributed by atoms with Crippen LogP contribution in [0.15, 0.2) is 76.2 Å². The molecular formula is C25H26N2O7S. The Morgan fingerprint density at radius 2 is 1.66 bits per heavy atom. The Hall–Kier alpha value is -3.92. The number of amides is 2. The third-order valence-electron chi connectivity index (χ3n) is 4.83. The van der Waals surface area contributed by atoms with E-state index >= 15 is 0 Å². The van der Waals surface area contributed by atoms with E-state index in [4.69, 9.17) is 9.15 Å². The number of rotatable bonds is 10. The number of furan rings is 1. The molecule has 0 spiro atoms. The molecule has 0 aliphatic rings. The van der Waals surface area contributed by atoms with Crippen LogP contribution >= 0.6 is 0 Å². The minimum atomic E-state index is -3.72. The summed E-state index contributed by atoms with van der Waals surface area (Å²) in [4.78, 5) is 37.4. The van der Waals surface area contributed by atoms with Crippen molar-refractivity contribution in [2.45, 2.75) is 24.5 Å². The van der Waals surface area contributed by atoms with Crippen molar-refractivity contribution in [1.82, 2.24) is 5.32 Å². The second-order valence-corrected chi connectivity index (χ2v) is 10.1. The molecule has 1 heterocycles. The highest BCUT2D eigenvalue weighted by Crippen LogP contribution is 2.21. The van der Waals surface area contributed by atoms with Crippen molar-refractivity contribution >= 4 is 33.3 Å². The Kier molecular flexibility index (Phi) is 8.43. The van der Waals surface area contributed by atoms with E-state index < -0.39 is 34.1 Å². The van der Waals surface area contributed by atoms with Gasteiger partial charge in [0.2, 0.25) is 5.76 Å². The van der Waals surface area contributed by atoms with Gasteiger partial charge in [0.05, 0.1) is 28.2 Å². The van der Waals surface area contributed by atoms with Crippen LogP contribution in [-0.4, -0.2) is 39.4 Å². The first-order valence-corrected chi connectivity index (χ1v) is 12.5. The van der Waals surface area contributed by atoms with E-state index in [-0.39, 0.29) is 39.3 Å². The predicted octanol–water partition coefficient (Wildman–Crippen LogP) is 3.43. The van der Waals surface area contributed by atoms with Crippen molar-refractivity contribution in [3.8, 4) is 0 Å². The van der Waals surface area contributed by atoms with E-state index in [1.807, 2.05) is 13.8 Å². The molecule has 9 nitrogen and oxygen atoms in total. The van der Waals surface area contributed by atoms with Crippen LogP contribution in [0.5, 0.6) is 0 Å². The molecule has 1 aromatic heterocycles. The van der Waals surface area contributed by atoms with Crippen LogP contribution in [0, 0.1) is 5.92 Å². The first-order chi connectivity index (χ1) is 16.7. The van der Waals surface area contributed by atoms with Crippen molar-refractivity contribution in [2.24, 2.45) is 5.92 Å². The summed E-state index contributed by atoms with van der Waals surface area (Å²) in [5.74, 6) is -2.51. The standard InChI is InChI=1S/C25H26N2O7S/c1-17(2)14-26-24(29)20-10-6-7-11-21(20)27-22(28)15-34-25(30)23-18(12-13-33-23)16-35(31,32)19-8-4-3-5-9-19/h3-13,17H,14-16H2,1-2H3,(H,26,29)(H,27,28). The number of hydrogen-bond donors (Lipinski definition) is 2. The SMILES string of the molecule is CC(C)CNC(=O)c1ccccc1NC(=O)COC(=O)c1occc1CS(=O)(=O)c1ccccc1. The summed E-state index contributed by atoms with van der Waals surface area (Å²) in [7, 11) is -3.72. The van der Waals surface area contributed by atoms with Gasteiger partial charge in [0, 0.05) is 12.1 Å². The number of benzene rings is 2. The second kappa shape index (κ2) is 11.5. The fourth-order valence-corrected chi connectivity index (χ4v) is 4.48. The number of esters is 1. The summed E-state index contributed by atoms with van der Waals surface area (Å²) in [6.07, 6.45) is 1.18. The average molecular weight is 499 g/mol. The van der Waals surface area contributed by atoms with E-state index in [2.05, 4.69) is 10.6 Å². The summed E-state index contributed by atoms with van der Waals surface area (Å²) in [6, 6.07) is 15.6. The summed E-state index contributed by atoms with van der Waals surface area (Å²) < 4.78 is 35.4. The maximum Gasteiger partial charge on any atom is 0.375 e. The third-order valence-corrected chi connectivity index (χ3v) is 6.51. The molecule has 0 unspecified atom stereocenters. The van der Waals surface area contributed by atoms with Gasteiger partial charge in [-0.1, -0.05) is 44.2 Å². The van der Waals surface area contributed by atoms with Gasteiger partial charge >= 0.3 is 5.97 Å². The lowest BCUT2D eigenvalue weighted by Gasteiger charge is -2.12. The molecule has 0 aliphatic heterocycles. The van der Waals surface area contributed by atoms with Crippen LogP contribution in [0.4, 0.5) is 5.69 Å². The van der Waals surface area contributed by atoms with Crippen LogP contribution in [0.25, 0.3) is 0 Å². The molecule has 35 heavy (non-hydrogen) atoms. The Balaban J connectivity index is 1.61. The number of hydrogen-bond acceptors (Lipinski definition) is 7. The highest BCUT2D eigenvalue weighted by molar-refractivity contribution is 7.90. The molecule has 0 saturated heterocycles. The van der Waals surface area contributed by atoms with Gasteiger partial charge in [0.25, 0.3) is 11.8 Å². The van der Waals surface area contributed by atoms with Gasteiger partial charge in [-0.05, 0) is 36.2 Å². The molecule has 0 saturated carbocycles. The highest BCUT2D eigenvalue weighted by atomic mass is 32.2. The summed E-state index contributed by atoms with van der Waals surface area (Å²) in [6.45, 7) is 3.74. The van der Waals surface area contributed by atoms with Gasteiger partial charge in [0.15, 0.2) is 16.4 Å². The molecule has 0 radical (unpaired) electrons. The van der Waals surface area contributed by atoms with Gasteiger partial charge in [-0.25, -0.2) is 13.2 Å². The summed E-state index contributed by atoms with van der Waals surface area (Å²) >= 11 is 0. The number of para-hydroxylation sites is 1. The highest BCUT2D eigenvalue weighted by Gasteiger charge is 2.24. The van der Waals surface area contributed by atoms with Gasteiger partial charge in [-0.3, -0.25) is 9.59 Å². The van der Waals surface area contributed by atoms with Crippen molar-refractivity contribution in [3.63, 3.8) is 0 Å². The first-order valence-electron chi connectivity index (χ1n) is 10.9. The van der Waals surface area contributed by atoms with E-state index in [0.717, 1.165) is 0 Å². The van der Waals surface area contributed by atoms with Crippen LogP contribution in [0.1, 0.15) is 40.3 Å². The molecule has 10 heteroatoms. The van der Waals surface area contributed by atoms with Crippen molar-refractivity contribution in [3.05, 3.63) is 83.8 Å². The monoisotopic (exact) mass is 498 g/mol. The topological polar surface area (TPSA) is 132 Å². The summed E-state index contributed by atoms with van der Waals surface area (Å²) in [5, 5.41) is 5.33. The first kappa shape index (κ1) is 25.7. The number of nitrogens with one attached hydrogen (secondary N) is 2. The van der Waals surface area contributed by atoms with Gasteiger partial charge < -0.3 is 19.8 Å². The normalized spacial score (nSPS) is 11.2. The molecule has 0 aliphatic carbocycles. The molecule has 184 valence electrons. The zero-order valence-corrected chi connectivity index (χ0v) is 20.1. The summed E-state index contributed by atoms with van der Waals surface area (Å²) in [5.41, 5.74) is 0.654. The number of carbonyl (C=O) groups excluding carboxylic acids is 3. The lowest BCUT2D eigenvalue weighted by Crippen LogP contribution is -2.29. The zero-order chi connectivity index (χ0) is 25.4. The maximum atomic E-state index is 12.6. The minimum Gasteiger partial charge on any atom is -0.457 e. The number of sulfone groups is 1. The molecular weight excluding hydrogens is 472 g/mol. The Morgan fingerprint density at radius 3 is 2.37 bits per heavy atom. The zero-order valence-electron chi connectivity index (χ0n) is 19.3. The van der Waals surface area contributed by atoms with Gasteiger partial charge in [0.1, 0.15) is 0 Å². The predicted molar refractivity (Wildman–Crippen MR) is 129 cm³/mol. The van der Waals surface area contributed by atoms with Crippen molar-refractivity contribution in [1.29, 1.82) is 0 Å². The molecule has 2 N–H and O–H groups in total. The molecule has 2 aromatic carbocycles. The Morgan fingerprint density at radius 1 is 0.971 bits per heavy atom. The van der Waals surface area contributed by atoms with E-state index in [0.29, 0.717) is 6.54 Å². The lowest BCUT2D eigenvalue weighted by molar-refractivity contribution is -0.119. The number of ether oxygens (including phenoxy) is 1. The number of anilines is 1. The van der Waals surface area contributed by atoms with E-state index in [1.165, 1.54) is 24.5 Å². The fourth-order valence-electron chi connectivity index (χ4n) is 3.11. The quantitative estimate of drug-likeness (QED) is 0.409. The largest absolute Gasteiger partial charge is 0.457 e. The van der Waals surface area contributed by atoms with Gasteiger partial charge in [-0.2, -0.15) is 0 Å². The van der Waals surface area contributed by atoms with Crippen LogP contribution < -0.4 is 10.6 Å².